The lowest BCUT2D eigenvalue weighted by Gasteiger charge is -2.15. The Morgan fingerprint density at radius 3 is 2.36 bits per heavy atom. The van der Waals surface area contributed by atoms with Crippen LogP contribution in [0.15, 0.2) is 0 Å². The molecule has 0 aromatic rings. The minimum absolute atomic E-state index is 0.437. The van der Waals surface area contributed by atoms with E-state index in [0.29, 0.717) is 12.6 Å². The molecule has 0 bridgehead atoms. The van der Waals surface area contributed by atoms with Gasteiger partial charge in [-0.3, -0.25) is 0 Å². The van der Waals surface area contributed by atoms with Gasteiger partial charge in [0.05, 0.1) is 0 Å². The first-order valence-electron chi connectivity index (χ1n) is 5.56. The Balaban J connectivity index is 2.01. The van der Waals surface area contributed by atoms with Crippen molar-refractivity contribution in [1.82, 2.24) is 10.6 Å². The highest BCUT2D eigenvalue weighted by atomic mass is 16.2. The van der Waals surface area contributed by atoms with Crippen molar-refractivity contribution in [2.45, 2.75) is 44.6 Å². The summed E-state index contributed by atoms with van der Waals surface area (Å²) in [6.45, 7) is 1.46. The minimum atomic E-state index is -0.437. The van der Waals surface area contributed by atoms with Crippen LogP contribution in [0.5, 0.6) is 0 Å². The molecule has 4 heteroatoms. The molecule has 82 valence electrons. The van der Waals surface area contributed by atoms with Crippen molar-refractivity contribution in [3.05, 3.63) is 0 Å². The Bertz CT molecular complexity index is 165. The standard InChI is InChI=1S/C10H21N3O/c11-10(14)13-8-7-12-9-5-3-1-2-4-6-9/h9,12H,1-8H2,(H3,11,13,14). The van der Waals surface area contributed by atoms with Gasteiger partial charge in [0.15, 0.2) is 0 Å². The normalized spacial score (nSPS) is 18.9. The quantitative estimate of drug-likeness (QED) is 0.466. The summed E-state index contributed by atoms with van der Waals surface area (Å²) < 4.78 is 0. The summed E-state index contributed by atoms with van der Waals surface area (Å²) in [5.74, 6) is 0. The molecule has 1 rings (SSSR count). The van der Waals surface area contributed by atoms with Crippen molar-refractivity contribution in [2.75, 3.05) is 13.1 Å². The van der Waals surface area contributed by atoms with Crippen molar-refractivity contribution < 1.29 is 4.79 Å². The zero-order valence-electron chi connectivity index (χ0n) is 8.72. The van der Waals surface area contributed by atoms with Gasteiger partial charge in [0.25, 0.3) is 0 Å². The van der Waals surface area contributed by atoms with E-state index < -0.39 is 6.03 Å². The van der Waals surface area contributed by atoms with Gasteiger partial charge in [-0.25, -0.2) is 4.79 Å². The zero-order valence-corrected chi connectivity index (χ0v) is 8.72. The predicted molar refractivity (Wildman–Crippen MR) is 57.1 cm³/mol. The highest BCUT2D eigenvalue weighted by Gasteiger charge is 2.10. The Labute approximate surface area is 85.6 Å². The molecular formula is C10H21N3O. The van der Waals surface area contributed by atoms with E-state index in [9.17, 15) is 4.79 Å². The molecule has 0 spiro atoms. The van der Waals surface area contributed by atoms with Crippen molar-refractivity contribution in [3.8, 4) is 0 Å². The topological polar surface area (TPSA) is 67.2 Å². The molecule has 0 aliphatic heterocycles. The number of nitrogens with two attached hydrogens (primary N) is 1. The number of carbonyl (C=O) groups is 1. The summed E-state index contributed by atoms with van der Waals surface area (Å²) in [6, 6.07) is 0.208. The van der Waals surface area contributed by atoms with Crippen LogP contribution >= 0.6 is 0 Å². The van der Waals surface area contributed by atoms with Gasteiger partial charge in [-0.15, -0.1) is 0 Å². The lowest BCUT2D eigenvalue weighted by molar-refractivity contribution is 0.248. The molecule has 2 amide bonds. The van der Waals surface area contributed by atoms with Gasteiger partial charge in [-0.1, -0.05) is 25.7 Å². The monoisotopic (exact) mass is 199 g/mol. The molecule has 0 heterocycles. The molecular weight excluding hydrogens is 178 g/mol. The first-order valence-corrected chi connectivity index (χ1v) is 5.56. The molecule has 1 fully saturated rings. The molecule has 1 saturated carbocycles. The number of carbonyl (C=O) groups excluding carboxylic acids is 1. The van der Waals surface area contributed by atoms with E-state index in [4.69, 9.17) is 5.73 Å². The highest BCUT2D eigenvalue weighted by molar-refractivity contribution is 5.71. The molecule has 4 N–H and O–H groups in total. The lowest BCUT2D eigenvalue weighted by atomic mass is 10.1. The summed E-state index contributed by atoms with van der Waals surface area (Å²) in [4.78, 5) is 10.4. The summed E-state index contributed by atoms with van der Waals surface area (Å²) >= 11 is 0. The maximum atomic E-state index is 10.4. The Morgan fingerprint density at radius 2 is 1.79 bits per heavy atom. The molecule has 0 atom stereocenters. The van der Waals surface area contributed by atoms with Crippen LogP contribution in [0.2, 0.25) is 0 Å². The van der Waals surface area contributed by atoms with Crippen LogP contribution in [0, 0.1) is 0 Å². The third-order valence-corrected chi connectivity index (χ3v) is 2.71. The fraction of sp³-hybridized carbons (Fsp3) is 0.900. The van der Waals surface area contributed by atoms with Crippen LogP contribution in [0.1, 0.15) is 38.5 Å². The largest absolute Gasteiger partial charge is 0.352 e. The van der Waals surface area contributed by atoms with E-state index in [0.717, 1.165) is 6.54 Å². The maximum Gasteiger partial charge on any atom is 0.312 e. The second-order valence-corrected chi connectivity index (χ2v) is 3.93. The maximum absolute atomic E-state index is 10.4. The van der Waals surface area contributed by atoms with Crippen molar-refractivity contribution in [2.24, 2.45) is 5.73 Å². The molecule has 0 unspecified atom stereocenters. The first kappa shape index (κ1) is 11.3. The molecule has 0 aromatic carbocycles. The van der Waals surface area contributed by atoms with Gasteiger partial charge < -0.3 is 16.4 Å². The summed E-state index contributed by atoms with van der Waals surface area (Å²) in [6.07, 6.45) is 7.96. The lowest BCUT2D eigenvalue weighted by Crippen LogP contribution is -2.38. The second-order valence-electron chi connectivity index (χ2n) is 3.93. The number of nitrogens with one attached hydrogen (secondary N) is 2. The SMILES string of the molecule is NC(=O)NCCNC1CCCCCC1. The van der Waals surface area contributed by atoms with E-state index >= 15 is 0 Å². The van der Waals surface area contributed by atoms with E-state index in [-0.39, 0.29) is 0 Å². The average molecular weight is 199 g/mol. The van der Waals surface area contributed by atoms with Crippen LogP contribution in [0.3, 0.4) is 0 Å². The van der Waals surface area contributed by atoms with E-state index in [2.05, 4.69) is 10.6 Å². The summed E-state index contributed by atoms with van der Waals surface area (Å²) in [7, 11) is 0. The third kappa shape index (κ3) is 5.07. The van der Waals surface area contributed by atoms with Crippen LogP contribution in [0.4, 0.5) is 4.79 Å². The zero-order chi connectivity index (χ0) is 10.2. The minimum Gasteiger partial charge on any atom is -0.352 e. The molecule has 0 radical (unpaired) electrons. The summed E-state index contributed by atoms with van der Waals surface area (Å²) in [5.41, 5.74) is 4.96. The fourth-order valence-corrected chi connectivity index (χ4v) is 1.95. The molecule has 4 nitrogen and oxygen atoms in total. The van der Waals surface area contributed by atoms with Crippen LogP contribution in [-0.4, -0.2) is 25.2 Å². The molecule has 0 aromatic heterocycles. The number of hydrogen-bond acceptors (Lipinski definition) is 2. The Hall–Kier alpha value is -0.770. The van der Waals surface area contributed by atoms with E-state index in [1.165, 1.54) is 38.5 Å². The Kier molecular flexibility index (Phi) is 5.37. The van der Waals surface area contributed by atoms with Gasteiger partial charge >= 0.3 is 6.03 Å². The highest BCUT2D eigenvalue weighted by Crippen LogP contribution is 2.16. The van der Waals surface area contributed by atoms with Crippen LogP contribution in [-0.2, 0) is 0 Å². The van der Waals surface area contributed by atoms with Gasteiger partial charge in [0.2, 0.25) is 0 Å². The van der Waals surface area contributed by atoms with Gasteiger partial charge in [-0.2, -0.15) is 0 Å². The average Bonchev–Trinajstić information content (AvgIpc) is 2.40. The number of hydrogen-bond donors (Lipinski definition) is 3. The molecule has 1 aliphatic carbocycles. The Morgan fingerprint density at radius 1 is 1.14 bits per heavy atom. The third-order valence-electron chi connectivity index (χ3n) is 2.71. The molecule has 1 aliphatic rings. The van der Waals surface area contributed by atoms with Crippen LogP contribution in [0.25, 0.3) is 0 Å². The number of urea groups is 1. The van der Waals surface area contributed by atoms with Gasteiger partial charge in [0.1, 0.15) is 0 Å². The van der Waals surface area contributed by atoms with Crippen molar-refractivity contribution in [3.63, 3.8) is 0 Å². The fourth-order valence-electron chi connectivity index (χ4n) is 1.95. The number of amides is 2. The predicted octanol–water partition coefficient (Wildman–Crippen LogP) is 0.967. The first-order chi connectivity index (χ1) is 6.79. The van der Waals surface area contributed by atoms with Gasteiger partial charge in [0, 0.05) is 19.1 Å². The molecule has 14 heavy (non-hydrogen) atoms. The van der Waals surface area contributed by atoms with Gasteiger partial charge in [-0.05, 0) is 12.8 Å². The van der Waals surface area contributed by atoms with Crippen molar-refractivity contribution >= 4 is 6.03 Å². The van der Waals surface area contributed by atoms with E-state index in [1.807, 2.05) is 0 Å². The van der Waals surface area contributed by atoms with Crippen LogP contribution < -0.4 is 16.4 Å². The number of primary amides is 1. The van der Waals surface area contributed by atoms with E-state index in [1.54, 1.807) is 0 Å². The number of rotatable bonds is 4. The molecule has 0 saturated heterocycles. The second kappa shape index (κ2) is 6.65. The van der Waals surface area contributed by atoms with Crippen molar-refractivity contribution in [1.29, 1.82) is 0 Å². The smallest absolute Gasteiger partial charge is 0.312 e. The summed E-state index contributed by atoms with van der Waals surface area (Å²) in [5, 5.41) is 6.02.